The minimum Gasteiger partial charge on any atom is -0.441 e. The van der Waals surface area contributed by atoms with Gasteiger partial charge >= 0.3 is 19.8 Å². The van der Waals surface area contributed by atoms with Crippen molar-refractivity contribution >= 4 is 19.8 Å². The quantitative estimate of drug-likeness (QED) is 0.309. The normalized spacial score (nSPS) is 13.1. The Hall–Kier alpha value is -1.57. The first-order valence-corrected chi connectivity index (χ1v) is 10.6. The Morgan fingerprint density at radius 1 is 0.857 bits per heavy atom. The Morgan fingerprint density at radius 2 is 1.29 bits per heavy atom. The van der Waals surface area contributed by atoms with Gasteiger partial charge in [0.2, 0.25) is 0 Å². The summed E-state index contributed by atoms with van der Waals surface area (Å²) in [6.45, 7) is 16.6. The first kappa shape index (κ1) is 26.4. The summed E-state index contributed by atoms with van der Waals surface area (Å²) in [7, 11) is -3.72. The van der Waals surface area contributed by atoms with Gasteiger partial charge in [-0.3, -0.25) is 9.40 Å². The molecular weight excluding hydrogens is 389 g/mol. The van der Waals surface area contributed by atoms with Gasteiger partial charge in [0.05, 0.1) is 18.4 Å². The fourth-order valence-electron chi connectivity index (χ4n) is 1.61. The Kier molecular flexibility index (Phi) is 9.70. The largest absolute Gasteiger partial charge is 0.534 e. The van der Waals surface area contributed by atoms with E-state index in [4.69, 9.17) is 23.4 Å². The molecule has 0 rings (SSSR count). The molecule has 0 aliphatic heterocycles. The minimum absolute atomic E-state index is 0.406. The molecule has 0 bridgehead atoms. The molecule has 28 heavy (non-hydrogen) atoms. The van der Waals surface area contributed by atoms with Crippen LogP contribution in [0.3, 0.4) is 0 Å². The summed E-state index contributed by atoms with van der Waals surface area (Å²) >= 11 is 0. The summed E-state index contributed by atoms with van der Waals surface area (Å²) in [4.78, 5) is 29.2. The number of amides is 1. The van der Waals surface area contributed by atoms with Gasteiger partial charge < -0.3 is 18.5 Å². The van der Waals surface area contributed by atoms with Gasteiger partial charge in [-0.1, -0.05) is 0 Å². The molecule has 164 valence electrons. The fraction of sp³-hybridized carbons (Fsp3) is 0.778. The third-order valence-corrected chi connectivity index (χ3v) is 4.17. The van der Waals surface area contributed by atoms with Crippen molar-refractivity contribution in [3.8, 4) is 0 Å². The molecule has 0 radical (unpaired) electrons. The number of ether oxygens (including phenoxy) is 2. The van der Waals surface area contributed by atoms with Gasteiger partial charge in [0.25, 0.3) is 0 Å². The van der Waals surface area contributed by atoms with E-state index in [1.54, 1.807) is 69.2 Å². The van der Waals surface area contributed by atoms with Gasteiger partial charge in [-0.25, -0.2) is 9.59 Å². The van der Waals surface area contributed by atoms with Crippen LogP contribution in [0.1, 0.15) is 69.2 Å². The first-order chi connectivity index (χ1) is 12.4. The van der Waals surface area contributed by atoms with E-state index in [1.807, 2.05) is 0 Å². The van der Waals surface area contributed by atoms with Gasteiger partial charge in [0.1, 0.15) is 11.2 Å². The van der Waals surface area contributed by atoms with Crippen molar-refractivity contribution < 1.29 is 37.5 Å². The molecular formula is C18H34NO8P. The SMILES string of the molecule is CC(C)OP(=O)(/C=C/N(OC(=O)OC(C)(C)C)C(=O)OC(C)(C)C)OC(C)C. The average molecular weight is 423 g/mol. The second-order valence-corrected chi connectivity index (χ2v) is 10.3. The molecule has 0 aliphatic rings. The minimum atomic E-state index is -3.72. The lowest BCUT2D eigenvalue weighted by molar-refractivity contribution is -0.112. The van der Waals surface area contributed by atoms with E-state index in [0.717, 1.165) is 12.0 Å². The number of carbonyl (C=O) groups excluding carboxylic acids is 2. The monoisotopic (exact) mass is 423 g/mol. The van der Waals surface area contributed by atoms with Gasteiger partial charge in [-0.2, -0.15) is 0 Å². The van der Waals surface area contributed by atoms with Crippen LogP contribution in [0, 0.1) is 0 Å². The van der Waals surface area contributed by atoms with Crippen molar-refractivity contribution in [3.05, 3.63) is 12.0 Å². The fourth-order valence-corrected chi connectivity index (χ4v) is 3.26. The molecule has 0 aliphatic carbocycles. The average Bonchev–Trinajstić information content (AvgIpc) is 2.37. The van der Waals surface area contributed by atoms with E-state index in [9.17, 15) is 14.2 Å². The zero-order chi connectivity index (χ0) is 22.3. The van der Waals surface area contributed by atoms with Crippen LogP contribution in [-0.4, -0.2) is 40.7 Å². The van der Waals surface area contributed by atoms with Gasteiger partial charge in [0.15, 0.2) is 0 Å². The predicted molar refractivity (Wildman–Crippen MR) is 105 cm³/mol. The van der Waals surface area contributed by atoms with E-state index in [-0.39, 0.29) is 0 Å². The molecule has 0 saturated carbocycles. The van der Waals surface area contributed by atoms with E-state index in [0.29, 0.717) is 5.06 Å². The molecule has 0 atom stereocenters. The maximum absolute atomic E-state index is 12.9. The summed E-state index contributed by atoms with van der Waals surface area (Å²) in [5.74, 6) is 1.03. The molecule has 10 heteroatoms. The zero-order valence-electron chi connectivity index (χ0n) is 18.5. The summed E-state index contributed by atoms with van der Waals surface area (Å²) in [6, 6.07) is 0. The van der Waals surface area contributed by atoms with Crippen molar-refractivity contribution in [1.29, 1.82) is 0 Å². The van der Waals surface area contributed by atoms with Gasteiger partial charge in [-0.05, 0) is 69.2 Å². The number of hydroxylamine groups is 2. The van der Waals surface area contributed by atoms with E-state index < -0.39 is 43.3 Å². The maximum atomic E-state index is 12.9. The number of hydrogen-bond donors (Lipinski definition) is 0. The topological polar surface area (TPSA) is 101 Å². The van der Waals surface area contributed by atoms with Crippen LogP contribution >= 0.6 is 7.60 Å². The van der Waals surface area contributed by atoms with E-state index in [1.165, 1.54) is 0 Å². The Balaban J connectivity index is 5.63. The smallest absolute Gasteiger partial charge is 0.441 e. The summed E-state index contributed by atoms with van der Waals surface area (Å²) in [5.41, 5.74) is -1.69. The number of rotatable bonds is 6. The van der Waals surface area contributed by atoms with Crippen LogP contribution in [0.2, 0.25) is 0 Å². The standard InChI is InChI=1S/C18H34NO8P/c1-13(2)26-28(22,27-14(3)4)12-11-19(15(20)23-17(5,6)7)25-16(21)24-18(8,9)10/h11-14H,1-10H3/b12-11+. The highest BCUT2D eigenvalue weighted by atomic mass is 31.2. The molecule has 9 nitrogen and oxygen atoms in total. The van der Waals surface area contributed by atoms with Crippen LogP contribution in [0.4, 0.5) is 9.59 Å². The molecule has 1 amide bonds. The lowest BCUT2D eigenvalue weighted by Gasteiger charge is -2.26. The molecule has 0 spiro atoms. The molecule has 0 aromatic carbocycles. The highest BCUT2D eigenvalue weighted by Crippen LogP contribution is 2.52. The Morgan fingerprint density at radius 3 is 1.64 bits per heavy atom. The molecule has 0 unspecified atom stereocenters. The molecule has 0 aromatic heterocycles. The number of hydrogen-bond acceptors (Lipinski definition) is 8. The summed E-state index contributed by atoms with van der Waals surface area (Å²) in [5, 5.41) is 0.485. The lowest BCUT2D eigenvalue weighted by Crippen LogP contribution is -2.36. The van der Waals surface area contributed by atoms with E-state index >= 15 is 0 Å². The maximum Gasteiger partial charge on any atom is 0.534 e. The van der Waals surface area contributed by atoms with Crippen molar-refractivity contribution in [3.63, 3.8) is 0 Å². The third-order valence-electron chi connectivity index (χ3n) is 2.24. The van der Waals surface area contributed by atoms with Crippen LogP contribution < -0.4 is 0 Å². The second kappa shape index (κ2) is 10.3. The van der Waals surface area contributed by atoms with Crippen molar-refractivity contribution in [2.24, 2.45) is 0 Å². The van der Waals surface area contributed by atoms with Gasteiger partial charge in [0, 0.05) is 5.82 Å². The lowest BCUT2D eigenvalue weighted by atomic mass is 10.2. The molecule has 0 saturated heterocycles. The highest BCUT2D eigenvalue weighted by molar-refractivity contribution is 7.57. The highest BCUT2D eigenvalue weighted by Gasteiger charge is 2.30. The number of nitrogens with zero attached hydrogens (tertiary/aromatic N) is 1. The summed E-state index contributed by atoms with van der Waals surface area (Å²) < 4.78 is 33.8. The van der Waals surface area contributed by atoms with Crippen molar-refractivity contribution in [1.82, 2.24) is 5.06 Å². The van der Waals surface area contributed by atoms with Crippen LogP contribution in [-0.2, 0) is 27.9 Å². The van der Waals surface area contributed by atoms with E-state index in [2.05, 4.69) is 0 Å². The zero-order valence-corrected chi connectivity index (χ0v) is 19.4. The van der Waals surface area contributed by atoms with Gasteiger partial charge in [-0.15, -0.1) is 5.06 Å². The van der Waals surface area contributed by atoms with Crippen LogP contribution in [0.15, 0.2) is 12.0 Å². The second-order valence-electron chi connectivity index (χ2n) is 8.51. The Labute approximate surface area is 167 Å². The van der Waals surface area contributed by atoms with Crippen LogP contribution in [0.25, 0.3) is 0 Å². The van der Waals surface area contributed by atoms with Crippen LogP contribution in [0.5, 0.6) is 0 Å². The van der Waals surface area contributed by atoms with Crippen molar-refractivity contribution in [2.75, 3.05) is 0 Å². The molecule has 0 aromatic rings. The molecule has 0 fully saturated rings. The summed E-state index contributed by atoms with van der Waals surface area (Å²) in [6.07, 6.45) is -1.99. The first-order valence-electron chi connectivity index (χ1n) is 9.01. The molecule has 0 heterocycles. The predicted octanol–water partition coefficient (Wildman–Crippen LogP) is 5.60. The molecule has 0 N–H and O–H groups in total. The van der Waals surface area contributed by atoms with Crippen molar-refractivity contribution in [2.45, 2.75) is 92.6 Å². The Bertz CT molecular complexity index is 588. The number of carbonyl (C=O) groups is 2. The third kappa shape index (κ3) is 12.8.